The van der Waals surface area contributed by atoms with E-state index >= 15 is 0 Å². The Balaban J connectivity index is 2.50. The smallest absolute Gasteiger partial charge is 0.319 e. The number of aryl methyl sites for hydroxylation is 1. The van der Waals surface area contributed by atoms with E-state index in [1.807, 2.05) is 0 Å². The molecule has 1 aromatic rings. The molecule has 2 amide bonds. The van der Waals surface area contributed by atoms with Gasteiger partial charge in [0.05, 0.1) is 18.1 Å². The monoisotopic (exact) mass is 266 g/mol. The number of aromatic nitrogens is 2. The standard InChI is InChI=1S/C12H18N4O3/c1-8-13-6-9(7-14-8)15-11(19)16-12(2,3)5-4-10(17)18/h6-7H,4-5H2,1-3H3,(H,17,18)(H2,15,16,19). The summed E-state index contributed by atoms with van der Waals surface area (Å²) >= 11 is 0. The second-order valence-corrected chi connectivity index (χ2v) is 4.88. The van der Waals surface area contributed by atoms with Gasteiger partial charge in [-0.2, -0.15) is 0 Å². The van der Waals surface area contributed by atoms with E-state index in [0.29, 0.717) is 17.9 Å². The summed E-state index contributed by atoms with van der Waals surface area (Å²) in [5.74, 6) is -0.269. The molecule has 0 aromatic carbocycles. The van der Waals surface area contributed by atoms with Crippen LogP contribution in [0, 0.1) is 6.92 Å². The molecule has 7 heteroatoms. The summed E-state index contributed by atoms with van der Waals surface area (Å²) in [5, 5.41) is 13.9. The average Bonchev–Trinajstić information content (AvgIpc) is 2.29. The maximum atomic E-state index is 11.7. The Morgan fingerprint density at radius 3 is 2.42 bits per heavy atom. The predicted molar refractivity (Wildman–Crippen MR) is 69.9 cm³/mol. The van der Waals surface area contributed by atoms with Gasteiger partial charge < -0.3 is 15.7 Å². The Morgan fingerprint density at radius 2 is 1.89 bits per heavy atom. The van der Waals surface area contributed by atoms with Gasteiger partial charge in [0.15, 0.2) is 0 Å². The number of anilines is 1. The average molecular weight is 266 g/mol. The molecule has 0 unspecified atom stereocenters. The van der Waals surface area contributed by atoms with E-state index in [2.05, 4.69) is 20.6 Å². The number of urea groups is 1. The lowest BCUT2D eigenvalue weighted by atomic mass is 9.99. The Labute approximate surface area is 111 Å². The van der Waals surface area contributed by atoms with Crippen molar-refractivity contribution in [3.05, 3.63) is 18.2 Å². The zero-order valence-corrected chi connectivity index (χ0v) is 11.2. The van der Waals surface area contributed by atoms with Gasteiger partial charge in [0.2, 0.25) is 0 Å². The van der Waals surface area contributed by atoms with Crippen LogP contribution in [0.2, 0.25) is 0 Å². The van der Waals surface area contributed by atoms with Crippen LogP contribution in [-0.2, 0) is 4.79 Å². The van der Waals surface area contributed by atoms with E-state index < -0.39 is 17.5 Å². The van der Waals surface area contributed by atoms with Gasteiger partial charge in [0, 0.05) is 12.0 Å². The topological polar surface area (TPSA) is 104 Å². The first-order valence-corrected chi connectivity index (χ1v) is 5.88. The second-order valence-electron chi connectivity index (χ2n) is 4.88. The third-order valence-corrected chi connectivity index (χ3v) is 2.45. The van der Waals surface area contributed by atoms with Gasteiger partial charge in [-0.15, -0.1) is 0 Å². The number of aliphatic carboxylic acids is 1. The molecule has 0 fully saturated rings. The highest BCUT2D eigenvalue weighted by Gasteiger charge is 2.21. The van der Waals surface area contributed by atoms with Gasteiger partial charge in [-0.05, 0) is 27.2 Å². The lowest BCUT2D eigenvalue weighted by Crippen LogP contribution is -2.45. The van der Waals surface area contributed by atoms with Crippen LogP contribution in [0.15, 0.2) is 12.4 Å². The van der Waals surface area contributed by atoms with E-state index in [1.165, 1.54) is 12.4 Å². The van der Waals surface area contributed by atoms with E-state index in [0.717, 1.165) is 0 Å². The van der Waals surface area contributed by atoms with Crippen molar-refractivity contribution in [3.8, 4) is 0 Å². The number of rotatable bonds is 5. The van der Waals surface area contributed by atoms with Gasteiger partial charge in [-0.3, -0.25) is 4.79 Å². The molecule has 19 heavy (non-hydrogen) atoms. The molecule has 3 N–H and O–H groups in total. The van der Waals surface area contributed by atoms with Crippen molar-refractivity contribution in [1.82, 2.24) is 15.3 Å². The van der Waals surface area contributed by atoms with E-state index in [1.54, 1.807) is 20.8 Å². The molecule has 0 aliphatic heterocycles. The largest absolute Gasteiger partial charge is 0.481 e. The summed E-state index contributed by atoms with van der Waals surface area (Å²) in [6.45, 7) is 5.28. The lowest BCUT2D eigenvalue weighted by Gasteiger charge is -2.25. The molecule has 0 aliphatic rings. The van der Waals surface area contributed by atoms with Crippen molar-refractivity contribution < 1.29 is 14.7 Å². The van der Waals surface area contributed by atoms with Crippen LogP contribution < -0.4 is 10.6 Å². The molecule has 0 saturated carbocycles. The number of carbonyl (C=O) groups is 2. The van der Waals surface area contributed by atoms with Gasteiger partial charge in [0.1, 0.15) is 5.82 Å². The van der Waals surface area contributed by atoms with Crippen LogP contribution in [0.1, 0.15) is 32.5 Å². The minimum atomic E-state index is -0.887. The summed E-state index contributed by atoms with van der Waals surface area (Å²) in [4.78, 5) is 30.2. The number of nitrogens with one attached hydrogen (secondary N) is 2. The number of carboxylic acids is 1. The number of carbonyl (C=O) groups excluding carboxylic acids is 1. The Hall–Kier alpha value is -2.18. The normalized spacial score (nSPS) is 10.9. The van der Waals surface area contributed by atoms with E-state index in [9.17, 15) is 9.59 Å². The van der Waals surface area contributed by atoms with Crippen molar-refractivity contribution in [2.75, 3.05) is 5.32 Å². The molecule has 0 aliphatic carbocycles. The number of amides is 2. The van der Waals surface area contributed by atoms with Crippen molar-refractivity contribution in [2.24, 2.45) is 0 Å². The zero-order chi connectivity index (χ0) is 14.5. The van der Waals surface area contributed by atoms with E-state index in [-0.39, 0.29) is 6.42 Å². The van der Waals surface area contributed by atoms with Gasteiger partial charge in [-0.25, -0.2) is 14.8 Å². The maximum Gasteiger partial charge on any atom is 0.319 e. The first-order valence-electron chi connectivity index (χ1n) is 5.88. The number of hydrogen-bond acceptors (Lipinski definition) is 4. The number of hydrogen-bond donors (Lipinski definition) is 3. The van der Waals surface area contributed by atoms with Crippen molar-refractivity contribution in [3.63, 3.8) is 0 Å². The summed E-state index contributed by atoms with van der Waals surface area (Å²) in [6, 6.07) is -0.414. The minimum Gasteiger partial charge on any atom is -0.481 e. The molecule has 1 rings (SSSR count). The molecule has 0 bridgehead atoms. The Bertz CT molecular complexity index is 457. The van der Waals surface area contributed by atoms with Gasteiger partial charge >= 0.3 is 12.0 Å². The second kappa shape index (κ2) is 6.12. The van der Waals surface area contributed by atoms with Gasteiger partial charge in [0.25, 0.3) is 0 Å². The van der Waals surface area contributed by atoms with E-state index in [4.69, 9.17) is 5.11 Å². The SMILES string of the molecule is Cc1ncc(NC(=O)NC(C)(C)CCC(=O)O)cn1. The van der Waals surface area contributed by atoms with Crippen LogP contribution in [0.25, 0.3) is 0 Å². The molecule has 1 aromatic heterocycles. The molecule has 0 radical (unpaired) electrons. The molecular formula is C12H18N4O3. The molecule has 104 valence electrons. The lowest BCUT2D eigenvalue weighted by molar-refractivity contribution is -0.137. The number of nitrogens with zero attached hydrogens (tertiary/aromatic N) is 2. The summed E-state index contributed by atoms with van der Waals surface area (Å²) in [7, 11) is 0. The molecule has 7 nitrogen and oxygen atoms in total. The van der Waals surface area contributed by atoms with Crippen LogP contribution in [0.5, 0.6) is 0 Å². The van der Waals surface area contributed by atoms with Crippen molar-refractivity contribution in [1.29, 1.82) is 0 Å². The molecule has 0 atom stereocenters. The first kappa shape index (κ1) is 14.9. The maximum absolute atomic E-state index is 11.7. The third kappa shape index (κ3) is 5.80. The predicted octanol–water partition coefficient (Wildman–Crippen LogP) is 1.55. The highest BCUT2D eigenvalue weighted by atomic mass is 16.4. The minimum absolute atomic E-state index is 0.000915. The zero-order valence-electron chi connectivity index (χ0n) is 11.2. The van der Waals surface area contributed by atoms with Crippen LogP contribution in [0.4, 0.5) is 10.5 Å². The third-order valence-electron chi connectivity index (χ3n) is 2.45. The fraction of sp³-hybridized carbons (Fsp3) is 0.500. The quantitative estimate of drug-likeness (QED) is 0.750. The van der Waals surface area contributed by atoms with Crippen LogP contribution >= 0.6 is 0 Å². The fourth-order valence-electron chi connectivity index (χ4n) is 1.41. The highest BCUT2D eigenvalue weighted by Crippen LogP contribution is 2.12. The van der Waals surface area contributed by atoms with Crippen molar-refractivity contribution in [2.45, 2.75) is 39.2 Å². The molecule has 1 heterocycles. The van der Waals surface area contributed by atoms with Crippen LogP contribution in [-0.4, -0.2) is 32.6 Å². The molecule has 0 saturated heterocycles. The molecule has 0 spiro atoms. The summed E-state index contributed by atoms with van der Waals surface area (Å²) < 4.78 is 0. The van der Waals surface area contributed by atoms with Crippen LogP contribution in [0.3, 0.4) is 0 Å². The fourth-order valence-corrected chi connectivity index (χ4v) is 1.41. The molecular weight excluding hydrogens is 248 g/mol. The van der Waals surface area contributed by atoms with Gasteiger partial charge in [-0.1, -0.05) is 0 Å². The highest BCUT2D eigenvalue weighted by molar-refractivity contribution is 5.89. The Morgan fingerprint density at radius 1 is 1.32 bits per heavy atom. The Kier molecular flexibility index (Phi) is 4.80. The first-order chi connectivity index (χ1) is 8.78. The summed E-state index contributed by atoms with van der Waals surface area (Å²) in [6.07, 6.45) is 3.36. The van der Waals surface area contributed by atoms with Crippen molar-refractivity contribution >= 4 is 17.7 Å². The summed E-state index contributed by atoms with van der Waals surface area (Å²) in [5.41, 5.74) is -0.120. The number of carboxylic acid groups (broad SMARTS) is 1.